The van der Waals surface area contributed by atoms with Crippen LogP contribution in [0.2, 0.25) is 0 Å². The Labute approximate surface area is 123 Å². The largest absolute Gasteiger partial charge is 0.353 e. The Morgan fingerprint density at radius 1 is 1.55 bits per heavy atom. The molecule has 108 valence electrons. The van der Waals surface area contributed by atoms with Crippen LogP contribution in [0, 0.1) is 0 Å². The Morgan fingerprint density at radius 3 is 3.20 bits per heavy atom. The maximum absolute atomic E-state index is 12.9. The number of carbonyl (C=O) groups excluding carboxylic acids is 2. The van der Waals surface area contributed by atoms with E-state index in [4.69, 9.17) is 0 Å². The van der Waals surface area contributed by atoms with Crippen LogP contribution in [0.1, 0.15) is 42.5 Å². The number of amides is 2. The molecule has 5 heteroatoms. The maximum Gasteiger partial charge on any atom is 0.242 e. The summed E-state index contributed by atoms with van der Waals surface area (Å²) in [5.74, 6) is 0.101. The Kier molecular flexibility index (Phi) is 3.78. The molecule has 1 N–H and O–H groups in total. The number of nitrogens with one attached hydrogen (secondary N) is 1. The molecule has 1 aromatic rings. The molecule has 0 saturated carbocycles. The van der Waals surface area contributed by atoms with Gasteiger partial charge in [0.15, 0.2) is 0 Å². The van der Waals surface area contributed by atoms with Crippen LogP contribution in [-0.4, -0.2) is 35.8 Å². The lowest BCUT2D eigenvalue weighted by molar-refractivity contribution is -0.144. The quantitative estimate of drug-likeness (QED) is 0.905. The molecule has 2 aliphatic rings. The maximum atomic E-state index is 12.9. The van der Waals surface area contributed by atoms with E-state index in [0.717, 1.165) is 19.3 Å². The van der Waals surface area contributed by atoms with Gasteiger partial charge in [-0.1, -0.05) is 6.92 Å². The topological polar surface area (TPSA) is 49.4 Å². The van der Waals surface area contributed by atoms with Crippen molar-refractivity contribution in [2.24, 2.45) is 0 Å². The molecule has 0 aromatic carbocycles. The molecule has 1 aliphatic carbocycles. The third-order valence-corrected chi connectivity index (χ3v) is 5.35. The van der Waals surface area contributed by atoms with Crippen molar-refractivity contribution in [1.82, 2.24) is 10.2 Å². The number of thiophene rings is 1. The summed E-state index contributed by atoms with van der Waals surface area (Å²) in [6.45, 7) is 3.18. The van der Waals surface area contributed by atoms with E-state index < -0.39 is 0 Å². The van der Waals surface area contributed by atoms with Crippen LogP contribution in [-0.2, 0) is 16.0 Å². The lowest BCUT2D eigenvalue weighted by atomic mass is 9.86. The molecule has 2 unspecified atom stereocenters. The van der Waals surface area contributed by atoms with Gasteiger partial charge in [0, 0.05) is 18.0 Å². The fourth-order valence-electron chi connectivity index (χ4n) is 3.33. The third kappa shape index (κ3) is 2.24. The standard InChI is InChI=1S/C15H20N2O2S/c1-2-12-14(18)16-7-8-17(12)15(19)11-4-3-5-13-10(11)6-9-20-13/h6,9,11-12H,2-5,7-8H2,1H3,(H,16,18). The highest BCUT2D eigenvalue weighted by Gasteiger charge is 2.37. The second kappa shape index (κ2) is 5.56. The highest BCUT2D eigenvalue weighted by atomic mass is 32.1. The van der Waals surface area contributed by atoms with Gasteiger partial charge in [0.05, 0.1) is 5.92 Å². The second-order valence-corrected chi connectivity index (χ2v) is 6.49. The molecule has 2 atom stereocenters. The number of hydrogen-bond acceptors (Lipinski definition) is 3. The Bertz CT molecular complexity index is 526. The summed E-state index contributed by atoms with van der Waals surface area (Å²) in [5.41, 5.74) is 1.20. The smallest absolute Gasteiger partial charge is 0.242 e. The molecule has 1 saturated heterocycles. The van der Waals surface area contributed by atoms with Gasteiger partial charge in [-0.2, -0.15) is 0 Å². The normalized spacial score (nSPS) is 26.1. The van der Waals surface area contributed by atoms with Gasteiger partial charge in [-0.3, -0.25) is 9.59 Å². The van der Waals surface area contributed by atoms with Gasteiger partial charge in [0.25, 0.3) is 0 Å². The van der Waals surface area contributed by atoms with Crippen LogP contribution in [0.3, 0.4) is 0 Å². The van der Waals surface area contributed by atoms with Crippen molar-refractivity contribution in [2.45, 2.75) is 44.6 Å². The van der Waals surface area contributed by atoms with E-state index in [2.05, 4.69) is 16.8 Å². The monoisotopic (exact) mass is 292 g/mol. The number of carbonyl (C=O) groups is 2. The van der Waals surface area contributed by atoms with E-state index >= 15 is 0 Å². The van der Waals surface area contributed by atoms with Gasteiger partial charge in [-0.05, 0) is 42.7 Å². The first-order valence-corrected chi connectivity index (χ1v) is 8.24. The highest BCUT2D eigenvalue weighted by Crippen LogP contribution is 2.36. The summed E-state index contributed by atoms with van der Waals surface area (Å²) in [6.07, 6.45) is 3.76. The molecule has 20 heavy (non-hydrogen) atoms. The molecule has 0 bridgehead atoms. The first-order valence-electron chi connectivity index (χ1n) is 7.36. The molecule has 1 aromatic heterocycles. The first kappa shape index (κ1) is 13.6. The van der Waals surface area contributed by atoms with E-state index in [0.29, 0.717) is 19.5 Å². The highest BCUT2D eigenvalue weighted by molar-refractivity contribution is 7.10. The lowest BCUT2D eigenvalue weighted by Crippen LogP contribution is -2.57. The van der Waals surface area contributed by atoms with Crippen molar-refractivity contribution in [1.29, 1.82) is 0 Å². The Hall–Kier alpha value is -1.36. The molecular weight excluding hydrogens is 272 g/mol. The minimum atomic E-state index is -0.291. The van der Waals surface area contributed by atoms with E-state index in [-0.39, 0.29) is 23.8 Å². The molecule has 0 spiro atoms. The fourth-order valence-corrected chi connectivity index (χ4v) is 4.31. The number of piperazine rings is 1. The van der Waals surface area contributed by atoms with E-state index in [9.17, 15) is 9.59 Å². The molecule has 0 radical (unpaired) electrons. The van der Waals surface area contributed by atoms with Crippen molar-refractivity contribution < 1.29 is 9.59 Å². The lowest BCUT2D eigenvalue weighted by Gasteiger charge is -2.37. The number of nitrogens with zero attached hydrogens (tertiary/aromatic N) is 1. The first-order chi connectivity index (χ1) is 9.72. The molecule has 1 aliphatic heterocycles. The zero-order valence-electron chi connectivity index (χ0n) is 11.7. The summed E-state index contributed by atoms with van der Waals surface area (Å²) < 4.78 is 0. The molecule has 2 amide bonds. The average Bonchev–Trinajstić information content (AvgIpc) is 2.94. The van der Waals surface area contributed by atoms with E-state index in [1.54, 1.807) is 16.2 Å². The zero-order valence-corrected chi connectivity index (χ0v) is 12.5. The number of aryl methyl sites for hydroxylation is 1. The summed E-state index contributed by atoms with van der Waals surface area (Å²) in [5, 5.41) is 4.93. The molecule has 3 rings (SSSR count). The van der Waals surface area contributed by atoms with Crippen LogP contribution in [0.25, 0.3) is 0 Å². The predicted octanol–water partition coefficient (Wildman–Crippen LogP) is 1.90. The van der Waals surface area contributed by atoms with Gasteiger partial charge in [0.1, 0.15) is 6.04 Å². The van der Waals surface area contributed by atoms with Crippen LogP contribution >= 0.6 is 11.3 Å². The predicted molar refractivity (Wildman–Crippen MR) is 78.8 cm³/mol. The van der Waals surface area contributed by atoms with Crippen LogP contribution in [0.15, 0.2) is 11.4 Å². The van der Waals surface area contributed by atoms with Crippen molar-refractivity contribution in [3.63, 3.8) is 0 Å². The SMILES string of the molecule is CCC1C(=O)NCCN1C(=O)C1CCCc2sccc21. The second-order valence-electron chi connectivity index (χ2n) is 5.49. The summed E-state index contributed by atoms with van der Waals surface area (Å²) in [4.78, 5) is 27.9. The van der Waals surface area contributed by atoms with Crippen LogP contribution < -0.4 is 5.32 Å². The Balaban J connectivity index is 1.84. The summed E-state index contributed by atoms with van der Waals surface area (Å²) in [6, 6.07) is 1.80. The molecule has 2 heterocycles. The minimum Gasteiger partial charge on any atom is -0.353 e. The van der Waals surface area contributed by atoms with Gasteiger partial charge < -0.3 is 10.2 Å². The Morgan fingerprint density at radius 2 is 2.40 bits per heavy atom. The van der Waals surface area contributed by atoms with E-state index in [1.807, 2.05) is 6.92 Å². The van der Waals surface area contributed by atoms with Crippen molar-refractivity contribution in [3.8, 4) is 0 Å². The van der Waals surface area contributed by atoms with Gasteiger partial charge in [-0.25, -0.2) is 0 Å². The molecule has 4 nitrogen and oxygen atoms in total. The number of fused-ring (bicyclic) bond motifs is 1. The third-order valence-electron chi connectivity index (χ3n) is 4.35. The number of rotatable bonds is 2. The fraction of sp³-hybridized carbons (Fsp3) is 0.600. The number of hydrogen-bond donors (Lipinski definition) is 1. The molecular formula is C15H20N2O2S. The summed E-state index contributed by atoms with van der Waals surface area (Å²) in [7, 11) is 0. The average molecular weight is 292 g/mol. The molecule has 1 fully saturated rings. The summed E-state index contributed by atoms with van der Waals surface area (Å²) >= 11 is 1.75. The van der Waals surface area contributed by atoms with Crippen LogP contribution in [0.4, 0.5) is 0 Å². The van der Waals surface area contributed by atoms with E-state index in [1.165, 1.54) is 10.4 Å². The van der Waals surface area contributed by atoms with Gasteiger partial charge in [0.2, 0.25) is 11.8 Å². The van der Waals surface area contributed by atoms with Gasteiger partial charge >= 0.3 is 0 Å². The minimum absolute atomic E-state index is 0.00606. The van der Waals surface area contributed by atoms with Crippen molar-refractivity contribution >= 4 is 23.2 Å². The van der Waals surface area contributed by atoms with Crippen LogP contribution in [0.5, 0.6) is 0 Å². The van der Waals surface area contributed by atoms with Gasteiger partial charge in [-0.15, -0.1) is 11.3 Å². The van der Waals surface area contributed by atoms with Crippen molar-refractivity contribution in [2.75, 3.05) is 13.1 Å². The zero-order chi connectivity index (χ0) is 14.1. The van der Waals surface area contributed by atoms with Crippen molar-refractivity contribution in [3.05, 3.63) is 21.9 Å².